The first-order valence-corrected chi connectivity index (χ1v) is 6.55. The zero-order chi connectivity index (χ0) is 15.5. The number of ether oxygens (including phenoxy) is 1. The Morgan fingerprint density at radius 3 is 2.20 bits per heavy atom. The lowest BCUT2D eigenvalue weighted by Crippen LogP contribution is -2.41. The summed E-state index contributed by atoms with van der Waals surface area (Å²) in [5.41, 5.74) is -1.70. The number of esters is 1. The average Bonchev–Trinajstić information content (AvgIpc) is 2.26. The van der Waals surface area contributed by atoms with Gasteiger partial charge in [0.05, 0.1) is 12.5 Å². The molecule has 3 nitrogen and oxygen atoms in total. The zero-order valence-electron chi connectivity index (χ0n) is 12.1. The quantitative estimate of drug-likeness (QED) is 0.846. The highest BCUT2D eigenvalue weighted by molar-refractivity contribution is 5.74. The maximum atomic E-state index is 13.3. The Morgan fingerprint density at radius 2 is 1.80 bits per heavy atom. The lowest BCUT2D eigenvalue weighted by Gasteiger charge is -2.34. The van der Waals surface area contributed by atoms with Crippen molar-refractivity contribution in [3.05, 3.63) is 35.4 Å². The topological polar surface area (TPSA) is 46.5 Å². The van der Waals surface area contributed by atoms with E-state index >= 15 is 0 Å². The van der Waals surface area contributed by atoms with Gasteiger partial charge in [0.1, 0.15) is 17.2 Å². The molecule has 0 heterocycles. The molecule has 0 radical (unpaired) electrons. The lowest BCUT2D eigenvalue weighted by molar-refractivity contribution is -0.161. The summed E-state index contributed by atoms with van der Waals surface area (Å²) >= 11 is 0. The SMILES string of the molecule is CCOC(=O)C(C(C)C)C(C)(O)c1cc(F)cc(F)c1. The van der Waals surface area contributed by atoms with Crippen LogP contribution in [0, 0.1) is 23.5 Å². The molecule has 5 heteroatoms. The van der Waals surface area contributed by atoms with Gasteiger partial charge in [0, 0.05) is 6.07 Å². The highest BCUT2D eigenvalue weighted by Crippen LogP contribution is 2.35. The summed E-state index contributed by atoms with van der Waals surface area (Å²) in [6.07, 6.45) is 0. The number of carbonyl (C=O) groups excluding carboxylic acids is 1. The van der Waals surface area contributed by atoms with E-state index in [1.165, 1.54) is 6.92 Å². The van der Waals surface area contributed by atoms with Gasteiger partial charge in [0.25, 0.3) is 0 Å². The molecule has 0 saturated carbocycles. The second kappa shape index (κ2) is 6.31. The summed E-state index contributed by atoms with van der Waals surface area (Å²) in [6, 6.07) is 2.77. The number of halogens is 2. The minimum atomic E-state index is -1.72. The molecule has 1 aromatic carbocycles. The second-order valence-electron chi connectivity index (χ2n) is 5.28. The fourth-order valence-corrected chi connectivity index (χ4v) is 2.41. The van der Waals surface area contributed by atoms with Crippen molar-refractivity contribution in [2.75, 3.05) is 6.61 Å². The molecule has 0 aliphatic carbocycles. The van der Waals surface area contributed by atoms with E-state index in [1.807, 2.05) is 0 Å². The van der Waals surface area contributed by atoms with E-state index in [1.54, 1.807) is 20.8 Å². The van der Waals surface area contributed by atoms with Crippen LogP contribution in [-0.4, -0.2) is 17.7 Å². The van der Waals surface area contributed by atoms with Crippen molar-refractivity contribution >= 4 is 5.97 Å². The highest BCUT2D eigenvalue weighted by atomic mass is 19.1. The van der Waals surface area contributed by atoms with Gasteiger partial charge in [0.15, 0.2) is 0 Å². The van der Waals surface area contributed by atoms with Crippen LogP contribution in [0.2, 0.25) is 0 Å². The van der Waals surface area contributed by atoms with Crippen molar-refractivity contribution < 1.29 is 23.4 Å². The first-order valence-electron chi connectivity index (χ1n) is 6.55. The van der Waals surface area contributed by atoms with Gasteiger partial charge >= 0.3 is 5.97 Å². The zero-order valence-corrected chi connectivity index (χ0v) is 12.1. The third-order valence-corrected chi connectivity index (χ3v) is 3.26. The Bertz CT molecular complexity index is 464. The van der Waals surface area contributed by atoms with Crippen molar-refractivity contribution in [3.63, 3.8) is 0 Å². The maximum Gasteiger partial charge on any atom is 0.312 e. The van der Waals surface area contributed by atoms with Gasteiger partial charge in [-0.05, 0) is 37.5 Å². The summed E-state index contributed by atoms with van der Waals surface area (Å²) in [4.78, 5) is 12.0. The molecule has 0 aliphatic rings. The lowest BCUT2D eigenvalue weighted by atomic mass is 9.76. The summed E-state index contributed by atoms with van der Waals surface area (Å²) in [7, 11) is 0. The molecule has 0 amide bonds. The third-order valence-electron chi connectivity index (χ3n) is 3.26. The van der Waals surface area contributed by atoms with E-state index in [2.05, 4.69) is 0 Å². The van der Waals surface area contributed by atoms with Crippen LogP contribution < -0.4 is 0 Å². The first-order chi connectivity index (χ1) is 9.20. The number of rotatable bonds is 5. The fourth-order valence-electron chi connectivity index (χ4n) is 2.41. The minimum absolute atomic E-state index is 0.0155. The Labute approximate surface area is 117 Å². The minimum Gasteiger partial charge on any atom is -0.466 e. The molecule has 112 valence electrons. The Morgan fingerprint density at radius 1 is 1.30 bits per heavy atom. The van der Waals surface area contributed by atoms with Crippen LogP contribution in [0.15, 0.2) is 18.2 Å². The Kier molecular flexibility index (Phi) is 5.22. The number of aliphatic hydroxyl groups is 1. The number of hydrogen-bond donors (Lipinski definition) is 1. The smallest absolute Gasteiger partial charge is 0.312 e. The summed E-state index contributed by atoms with van der Waals surface area (Å²) in [5, 5.41) is 10.6. The van der Waals surface area contributed by atoms with Gasteiger partial charge in [-0.3, -0.25) is 4.79 Å². The second-order valence-corrected chi connectivity index (χ2v) is 5.28. The van der Waals surface area contributed by atoms with Crippen LogP contribution in [0.4, 0.5) is 8.78 Å². The van der Waals surface area contributed by atoms with E-state index in [9.17, 15) is 18.7 Å². The largest absolute Gasteiger partial charge is 0.466 e. The molecular formula is C15H20F2O3. The number of hydrogen-bond acceptors (Lipinski definition) is 3. The van der Waals surface area contributed by atoms with Gasteiger partial charge in [0.2, 0.25) is 0 Å². The van der Waals surface area contributed by atoms with Crippen LogP contribution in [0.3, 0.4) is 0 Å². The predicted octanol–water partition coefficient (Wildman–Crippen LogP) is 3.01. The summed E-state index contributed by atoms with van der Waals surface area (Å²) in [5.74, 6) is -3.35. The Hall–Kier alpha value is -1.49. The summed E-state index contributed by atoms with van der Waals surface area (Å²) in [6.45, 7) is 6.68. The summed E-state index contributed by atoms with van der Waals surface area (Å²) < 4.78 is 31.6. The van der Waals surface area contributed by atoms with Gasteiger partial charge in [-0.2, -0.15) is 0 Å². The molecule has 2 unspecified atom stereocenters. The molecular weight excluding hydrogens is 266 g/mol. The highest BCUT2D eigenvalue weighted by Gasteiger charge is 2.42. The molecule has 20 heavy (non-hydrogen) atoms. The van der Waals surface area contributed by atoms with Gasteiger partial charge in [-0.1, -0.05) is 13.8 Å². The number of benzene rings is 1. The van der Waals surface area contributed by atoms with E-state index < -0.39 is 29.1 Å². The first kappa shape index (κ1) is 16.6. The molecule has 1 aromatic rings. The average molecular weight is 286 g/mol. The molecule has 1 rings (SSSR count). The van der Waals surface area contributed by atoms with Crippen molar-refractivity contribution in [1.82, 2.24) is 0 Å². The van der Waals surface area contributed by atoms with Crippen LogP contribution in [0.1, 0.15) is 33.3 Å². The van der Waals surface area contributed by atoms with Crippen LogP contribution in [0.5, 0.6) is 0 Å². The number of carbonyl (C=O) groups is 1. The standard InChI is InChI=1S/C15H20F2O3/c1-5-20-14(18)13(9(2)3)15(4,19)10-6-11(16)8-12(17)7-10/h6-9,13,19H,5H2,1-4H3. The molecule has 0 aliphatic heterocycles. The van der Waals surface area contributed by atoms with E-state index in [0.717, 1.165) is 12.1 Å². The molecule has 0 bridgehead atoms. The van der Waals surface area contributed by atoms with E-state index in [-0.39, 0.29) is 18.1 Å². The van der Waals surface area contributed by atoms with Crippen LogP contribution in [-0.2, 0) is 15.1 Å². The van der Waals surface area contributed by atoms with Crippen molar-refractivity contribution in [2.45, 2.75) is 33.3 Å². The van der Waals surface area contributed by atoms with Crippen molar-refractivity contribution in [3.8, 4) is 0 Å². The Balaban J connectivity index is 3.25. The van der Waals surface area contributed by atoms with Crippen molar-refractivity contribution in [2.24, 2.45) is 11.8 Å². The predicted molar refractivity (Wildman–Crippen MR) is 70.9 cm³/mol. The molecule has 0 fully saturated rings. The maximum absolute atomic E-state index is 13.3. The van der Waals surface area contributed by atoms with E-state index in [0.29, 0.717) is 6.07 Å². The van der Waals surface area contributed by atoms with Gasteiger partial charge in [-0.25, -0.2) is 8.78 Å². The van der Waals surface area contributed by atoms with Crippen LogP contribution in [0.25, 0.3) is 0 Å². The molecule has 0 aromatic heterocycles. The van der Waals surface area contributed by atoms with Gasteiger partial charge in [-0.15, -0.1) is 0 Å². The molecule has 0 spiro atoms. The van der Waals surface area contributed by atoms with Crippen LogP contribution >= 0.6 is 0 Å². The van der Waals surface area contributed by atoms with Crippen molar-refractivity contribution in [1.29, 1.82) is 0 Å². The fraction of sp³-hybridized carbons (Fsp3) is 0.533. The van der Waals surface area contributed by atoms with E-state index in [4.69, 9.17) is 4.74 Å². The third kappa shape index (κ3) is 3.54. The monoisotopic (exact) mass is 286 g/mol. The molecule has 2 atom stereocenters. The molecule has 1 N–H and O–H groups in total. The van der Waals surface area contributed by atoms with Gasteiger partial charge < -0.3 is 9.84 Å². The normalized spacial score (nSPS) is 15.8. The molecule has 0 saturated heterocycles.